The van der Waals surface area contributed by atoms with Crippen LogP contribution < -0.4 is 10.6 Å². The molecular weight excluding hydrogens is 413 g/mol. The van der Waals surface area contributed by atoms with Crippen LogP contribution in [0, 0.1) is 5.92 Å². The van der Waals surface area contributed by atoms with E-state index in [9.17, 15) is 9.59 Å². The number of amides is 2. The smallest absolute Gasteiger partial charge is 0.236 e. The molecule has 0 bridgehead atoms. The van der Waals surface area contributed by atoms with Crippen molar-refractivity contribution < 1.29 is 9.59 Å². The molecule has 164 valence electrons. The zero-order chi connectivity index (χ0) is 19.1. The van der Waals surface area contributed by atoms with Gasteiger partial charge in [0, 0.05) is 31.9 Å². The summed E-state index contributed by atoms with van der Waals surface area (Å²) >= 11 is 0. The molecule has 0 saturated carbocycles. The van der Waals surface area contributed by atoms with Crippen LogP contribution in [-0.4, -0.2) is 72.4 Å². The predicted octanol–water partition coefficient (Wildman–Crippen LogP) is 1.46. The van der Waals surface area contributed by atoms with E-state index in [0.717, 1.165) is 57.6 Å². The van der Waals surface area contributed by atoms with Gasteiger partial charge in [-0.3, -0.25) is 19.5 Å². The van der Waals surface area contributed by atoms with Crippen LogP contribution in [0.25, 0.3) is 0 Å². The van der Waals surface area contributed by atoms with E-state index in [1.54, 1.807) is 13.2 Å². The molecule has 3 heterocycles. The van der Waals surface area contributed by atoms with Crippen LogP contribution in [0.2, 0.25) is 0 Å². The van der Waals surface area contributed by atoms with Gasteiger partial charge in [-0.2, -0.15) is 0 Å². The number of carbonyl (C=O) groups is 2. The Labute approximate surface area is 185 Å². The Bertz CT molecular complexity index is 627. The van der Waals surface area contributed by atoms with Crippen molar-refractivity contribution in [3.63, 3.8) is 0 Å². The Morgan fingerprint density at radius 3 is 2.55 bits per heavy atom. The third-order valence-corrected chi connectivity index (χ3v) is 5.66. The highest BCUT2D eigenvalue weighted by molar-refractivity contribution is 5.85. The van der Waals surface area contributed by atoms with Gasteiger partial charge in [-0.1, -0.05) is 6.07 Å². The maximum Gasteiger partial charge on any atom is 0.236 e. The Kier molecular flexibility index (Phi) is 11.5. The van der Waals surface area contributed by atoms with Gasteiger partial charge in [-0.15, -0.1) is 24.8 Å². The number of hydrogen-bond acceptors (Lipinski definition) is 5. The fourth-order valence-corrected chi connectivity index (χ4v) is 4.12. The summed E-state index contributed by atoms with van der Waals surface area (Å²) in [7, 11) is 1.80. The largest absolute Gasteiger partial charge is 0.350 e. The molecule has 1 aromatic rings. The lowest BCUT2D eigenvalue weighted by Gasteiger charge is -2.42. The third kappa shape index (κ3) is 7.41. The number of halogens is 2. The second-order valence-electron chi connectivity index (χ2n) is 7.52. The van der Waals surface area contributed by atoms with Crippen LogP contribution in [-0.2, 0) is 16.1 Å². The second-order valence-corrected chi connectivity index (χ2v) is 7.52. The summed E-state index contributed by atoms with van der Waals surface area (Å²) in [6.45, 7) is 4.41. The zero-order valence-corrected chi connectivity index (χ0v) is 18.6. The van der Waals surface area contributed by atoms with Gasteiger partial charge < -0.3 is 15.5 Å². The van der Waals surface area contributed by atoms with Gasteiger partial charge in [0.05, 0.1) is 24.7 Å². The van der Waals surface area contributed by atoms with E-state index in [1.165, 1.54) is 0 Å². The summed E-state index contributed by atoms with van der Waals surface area (Å²) in [4.78, 5) is 33.3. The fourth-order valence-electron chi connectivity index (χ4n) is 4.12. The van der Waals surface area contributed by atoms with Gasteiger partial charge in [0.1, 0.15) is 0 Å². The van der Waals surface area contributed by atoms with Gasteiger partial charge in [-0.25, -0.2) is 0 Å². The maximum absolute atomic E-state index is 12.6. The van der Waals surface area contributed by atoms with Crippen molar-refractivity contribution in [2.75, 3.05) is 39.8 Å². The highest BCUT2D eigenvalue weighted by Crippen LogP contribution is 2.24. The van der Waals surface area contributed by atoms with E-state index in [2.05, 4.69) is 20.5 Å². The number of carbonyl (C=O) groups excluding carboxylic acids is 2. The minimum Gasteiger partial charge on any atom is -0.350 e. The average Bonchev–Trinajstić information content (AvgIpc) is 2.73. The Hall–Kier alpha value is -1.41. The molecule has 0 aliphatic carbocycles. The first-order valence-corrected chi connectivity index (χ1v) is 10.0. The first-order chi connectivity index (χ1) is 13.2. The number of likely N-dealkylation sites (N-methyl/N-ethyl adjacent to an activating group) is 1. The molecule has 2 fully saturated rings. The molecule has 7 nitrogen and oxygen atoms in total. The van der Waals surface area contributed by atoms with Crippen molar-refractivity contribution >= 4 is 36.6 Å². The van der Waals surface area contributed by atoms with E-state index >= 15 is 0 Å². The monoisotopic (exact) mass is 445 g/mol. The molecule has 1 aromatic heterocycles. The van der Waals surface area contributed by atoms with Crippen molar-refractivity contribution in [3.8, 4) is 0 Å². The molecule has 2 amide bonds. The number of hydrogen-bond donors (Lipinski definition) is 2. The lowest BCUT2D eigenvalue weighted by atomic mass is 9.93. The van der Waals surface area contributed by atoms with E-state index in [0.29, 0.717) is 19.1 Å². The van der Waals surface area contributed by atoms with E-state index in [4.69, 9.17) is 0 Å². The first kappa shape index (κ1) is 25.6. The fraction of sp³-hybridized carbons (Fsp3) is 0.650. The SMILES string of the molecule is CNCC(=O)N1CCC(N2CCCC(C(=O)NCc3ccccn3)C2)CC1.Cl.Cl. The molecule has 0 aromatic carbocycles. The number of rotatable bonds is 6. The second kappa shape index (κ2) is 13.0. The lowest BCUT2D eigenvalue weighted by Crippen LogP contribution is -2.52. The van der Waals surface area contributed by atoms with Crippen LogP contribution in [0.1, 0.15) is 31.4 Å². The maximum atomic E-state index is 12.6. The van der Waals surface area contributed by atoms with E-state index in [1.807, 2.05) is 23.1 Å². The highest BCUT2D eigenvalue weighted by Gasteiger charge is 2.32. The molecule has 29 heavy (non-hydrogen) atoms. The van der Waals surface area contributed by atoms with Gasteiger partial charge in [-0.05, 0) is 51.4 Å². The topological polar surface area (TPSA) is 77.6 Å². The minimum atomic E-state index is 0. The molecule has 2 aliphatic heterocycles. The number of piperidine rings is 2. The molecule has 2 N–H and O–H groups in total. The zero-order valence-electron chi connectivity index (χ0n) is 17.0. The minimum absolute atomic E-state index is 0. The van der Waals surface area contributed by atoms with Crippen LogP contribution in [0.15, 0.2) is 24.4 Å². The Morgan fingerprint density at radius 1 is 1.14 bits per heavy atom. The molecule has 0 radical (unpaired) electrons. The molecule has 3 rings (SSSR count). The lowest BCUT2D eigenvalue weighted by molar-refractivity contribution is -0.131. The number of nitrogens with zero attached hydrogens (tertiary/aromatic N) is 3. The molecule has 1 unspecified atom stereocenters. The average molecular weight is 446 g/mol. The molecule has 1 atom stereocenters. The molecular formula is C20H33Cl2N5O2. The molecule has 2 aliphatic rings. The quantitative estimate of drug-likeness (QED) is 0.692. The number of pyridine rings is 1. The Morgan fingerprint density at radius 2 is 1.90 bits per heavy atom. The van der Waals surface area contributed by atoms with E-state index < -0.39 is 0 Å². The summed E-state index contributed by atoms with van der Waals surface area (Å²) in [5.74, 6) is 0.361. The van der Waals surface area contributed by atoms with Crippen LogP contribution in [0.5, 0.6) is 0 Å². The summed E-state index contributed by atoms with van der Waals surface area (Å²) in [6, 6.07) is 6.22. The number of nitrogens with one attached hydrogen (secondary N) is 2. The van der Waals surface area contributed by atoms with Crippen LogP contribution in [0.3, 0.4) is 0 Å². The Balaban J connectivity index is 0.00000210. The normalized spacial score (nSPS) is 20.3. The predicted molar refractivity (Wildman–Crippen MR) is 118 cm³/mol. The van der Waals surface area contributed by atoms with Crippen molar-refractivity contribution in [3.05, 3.63) is 30.1 Å². The molecule has 9 heteroatoms. The summed E-state index contributed by atoms with van der Waals surface area (Å²) in [5.41, 5.74) is 0.886. The van der Waals surface area contributed by atoms with Crippen molar-refractivity contribution in [1.29, 1.82) is 0 Å². The van der Waals surface area contributed by atoms with Gasteiger partial charge >= 0.3 is 0 Å². The summed E-state index contributed by atoms with van der Waals surface area (Å²) in [6.07, 6.45) is 5.75. The third-order valence-electron chi connectivity index (χ3n) is 5.66. The highest BCUT2D eigenvalue weighted by atomic mass is 35.5. The first-order valence-electron chi connectivity index (χ1n) is 10.0. The van der Waals surface area contributed by atoms with Gasteiger partial charge in [0.15, 0.2) is 0 Å². The van der Waals surface area contributed by atoms with Crippen molar-refractivity contribution in [2.24, 2.45) is 5.92 Å². The van der Waals surface area contributed by atoms with Crippen LogP contribution in [0.4, 0.5) is 0 Å². The summed E-state index contributed by atoms with van der Waals surface area (Å²) in [5, 5.41) is 5.97. The molecule has 0 spiro atoms. The standard InChI is InChI=1S/C20H31N5O2.2ClH/c1-21-14-19(26)24-11-7-18(8-12-24)25-10-4-5-16(15-25)20(27)23-13-17-6-2-3-9-22-17;;/h2-3,6,9,16,18,21H,4-5,7-8,10-15H2,1H3,(H,23,27);2*1H. The van der Waals surface area contributed by atoms with Crippen molar-refractivity contribution in [2.45, 2.75) is 38.3 Å². The van der Waals surface area contributed by atoms with Crippen molar-refractivity contribution in [1.82, 2.24) is 25.4 Å². The van der Waals surface area contributed by atoms with Crippen LogP contribution >= 0.6 is 24.8 Å². The molecule has 2 saturated heterocycles. The number of likely N-dealkylation sites (tertiary alicyclic amines) is 2. The van der Waals surface area contributed by atoms with Gasteiger partial charge in [0.2, 0.25) is 11.8 Å². The number of aromatic nitrogens is 1. The summed E-state index contributed by atoms with van der Waals surface area (Å²) < 4.78 is 0. The van der Waals surface area contributed by atoms with E-state index in [-0.39, 0.29) is 42.5 Å². The van der Waals surface area contributed by atoms with Gasteiger partial charge in [0.25, 0.3) is 0 Å².